The quantitative estimate of drug-likeness (QED) is 0.774. The second-order valence-corrected chi connectivity index (χ2v) is 5.47. The monoisotopic (exact) mass is 388 g/mol. The zero-order valence-electron chi connectivity index (χ0n) is 11.7. The number of alkyl halides is 3. The first kappa shape index (κ1) is 17.1. The van der Waals surface area contributed by atoms with Gasteiger partial charge in [0.1, 0.15) is 6.54 Å². The van der Waals surface area contributed by atoms with E-state index in [2.05, 4.69) is 38.5 Å². The van der Waals surface area contributed by atoms with E-state index in [0.717, 1.165) is 27.0 Å². The molecule has 2 rings (SSSR count). The minimum Gasteiger partial charge on any atom is -0.299 e. The molecule has 0 spiro atoms. The van der Waals surface area contributed by atoms with Crippen LogP contribution in [0, 0.1) is 0 Å². The first-order chi connectivity index (χ1) is 10.8. The average molecular weight is 389 g/mol. The van der Waals surface area contributed by atoms with E-state index in [1.165, 1.54) is 0 Å². The molecule has 0 bridgehead atoms. The maximum atomic E-state index is 12.4. The summed E-state index contributed by atoms with van der Waals surface area (Å²) in [7, 11) is 0. The number of hydrogen-bond acceptors (Lipinski definition) is 3. The van der Waals surface area contributed by atoms with Crippen molar-refractivity contribution in [3.05, 3.63) is 58.8 Å². The summed E-state index contributed by atoms with van der Waals surface area (Å²) in [6, 6.07) is 8.03. The fourth-order valence-corrected chi connectivity index (χ4v) is 2.08. The van der Waals surface area contributed by atoms with Crippen molar-refractivity contribution in [3.8, 4) is 0 Å². The van der Waals surface area contributed by atoms with E-state index in [0.29, 0.717) is 5.70 Å². The van der Waals surface area contributed by atoms with Crippen LogP contribution in [0.5, 0.6) is 0 Å². The summed E-state index contributed by atoms with van der Waals surface area (Å²) in [4.78, 5) is 11.7. The molecule has 0 atom stereocenters. The van der Waals surface area contributed by atoms with Crippen molar-refractivity contribution in [3.63, 3.8) is 0 Å². The normalized spacial score (nSPS) is 11.1. The van der Waals surface area contributed by atoms with Crippen LogP contribution in [0.4, 0.5) is 13.2 Å². The molecule has 0 unspecified atom stereocenters. The number of nitrogens with one attached hydrogen (secondary N) is 2. The fourth-order valence-electron chi connectivity index (χ4n) is 1.68. The van der Waals surface area contributed by atoms with Gasteiger partial charge in [-0.05, 0) is 23.8 Å². The van der Waals surface area contributed by atoms with Gasteiger partial charge in [-0.1, -0.05) is 34.6 Å². The van der Waals surface area contributed by atoms with Crippen LogP contribution >= 0.6 is 15.9 Å². The molecule has 2 aromatic rings. The van der Waals surface area contributed by atoms with Crippen LogP contribution in [0.15, 0.2) is 47.6 Å². The van der Waals surface area contributed by atoms with Gasteiger partial charge in [-0.25, -0.2) is 0 Å². The summed E-state index contributed by atoms with van der Waals surface area (Å²) in [6.45, 7) is 3.41. The Morgan fingerprint density at radius 1 is 1.30 bits per heavy atom. The summed E-state index contributed by atoms with van der Waals surface area (Å²) >= 11 is 3.31. The van der Waals surface area contributed by atoms with Crippen molar-refractivity contribution in [2.75, 3.05) is 0 Å². The zero-order chi connectivity index (χ0) is 17.0. The summed E-state index contributed by atoms with van der Waals surface area (Å²) in [5.41, 5.74) is 5.10. The molecule has 0 aliphatic rings. The summed E-state index contributed by atoms with van der Waals surface area (Å²) < 4.78 is 39.0. The van der Waals surface area contributed by atoms with Crippen LogP contribution < -0.4 is 10.9 Å². The maximum absolute atomic E-state index is 12.4. The highest BCUT2D eigenvalue weighted by Gasteiger charge is 2.33. The molecule has 5 nitrogen and oxygen atoms in total. The van der Waals surface area contributed by atoms with Gasteiger partial charge in [-0.3, -0.25) is 20.3 Å². The van der Waals surface area contributed by atoms with Gasteiger partial charge in [0, 0.05) is 10.7 Å². The van der Waals surface area contributed by atoms with E-state index >= 15 is 0 Å². The van der Waals surface area contributed by atoms with Crippen molar-refractivity contribution in [1.82, 2.24) is 20.6 Å². The van der Waals surface area contributed by atoms with Crippen LogP contribution in [-0.2, 0) is 17.5 Å². The molecule has 0 fully saturated rings. The highest BCUT2D eigenvalue weighted by molar-refractivity contribution is 9.10. The Morgan fingerprint density at radius 2 is 2.04 bits per heavy atom. The molecule has 0 saturated heterocycles. The van der Waals surface area contributed by atoms with E-state index in [9.17, 15) is 18.0 Å². The second-order valence-electron chi connectivity index (χ2n) is 4.56. The fraction of sp³-hybridized carbons (Fsp3) is 0.143. The standard InChI is InChI=1S/C14H12BrF3N4O/c1-9(10-3-2-4-11(15)7-10)19-20-13(23)8-22-6-5-12(21-22)14(16,17)18/h2-7,19H,1,8H2,(H,20,23). The van der Waals surface area contributed by atoms with Crippen LogP contribution in [0.3, 0.4) is 0 Å². The Hall–Kier alpha value is -2.29. The molecule has 0 saturated carbocycles. The van der Waals surface area contributed by atoms with Gasteiger partial charge >= 0.3 is 6.18 Å². The Kier molecular flexibility index (Phi) is 5.09. The third-order valence-corrected chi connectivity index (χ3v) is 3.26. The van der Waals surface area contributed by atoms with Crippen LogP contribution in [0.2, 0.25) is 0 Å². The third-order valence-electron chi connectivity index (χ3n) is 2.76. The van der Waals surface area contributed by atoms with Crippen molar-refractivity contribution in [1.29, 1.82) is 0 Å². The molecule has 0 aliphatic heterocycles. The molecule has 1 aromatic heterocycles. The largest absolute Gasteiger partial charge is 0.435 e. The highest BCUT2D eigenvalue weighted by atomic mass is 79.9. The third kappa shape index (κ3) is 4.85. The number of hydrogen-bond donors (Lipinski definition) is 2. The number of nitrogens with zero attached hydrogens (tertiary/aromatic N) is 2. The molecule has 23 heavy (non-hydrogen) atoms. The SMILES string of the molecule is C=C(NNC(=O)Cn1ccc(C(F)(F)F)n1)c1cccc(Br)c1. The highest BCUT2D eigenvalue weighted by Crippen LogP contribution is 2.27. The van der Waals surface area contributed by atoms with Gasteiger partial charge in [0.2, 0.25) is 0 Å². The van der Waals surface area contributed by atoms with E-state index in [1.54, 1.807) is 18.2 Å². The topological polar surface area (TPSA) is 58.9 Å². The molecular weight excluding hydrogens is 377 g/mol. The second kappa shape index (κ2) is 6.86. The molecule has 2 N–H and O–H groups in total. The number of aromatic nitrogens is 2. The van der Waals surface area contributed by atoms with Crippen molar-refractivity contribution < 1.29 is 18.0 Å². The molecule has 0 radical (unpaired) electrons. The predicted molar refractivity (Wildman–Crippen MR) is 81.7 cm³/mol. The van der Waals surface area contributed by atoms with Gasteiger partial charge in [-0.2, -0.15) is 18.3 Å². The number of carbonyl (C=O) groups is 1. The number of halogens is 4. The lowest BCUT2D eigenvalue weighted by atomic mass is 10.2. The number of hydrazine groups is 1. The Balaban J connectivity index is 1.88. The minimum atomic E-state index is -4.53. The Morgan fingerprint density at radius 3 is 2.65 bits per heavy atom. The molecule has 9 heteroatoms. The van der Waals surface area contributed by atoms with E-state index in [1.807, 2.05) is 6.07 Å². The van der Waals surface area contributed by atoms with Crippen molar-refractivity contribution in [2.45, 2.75) is 12.7 Å². The molecule has 1 amide bonds. The number of amides is 1. The molecule has 122 valence electrons. The smallest absolute Gasteiger partial charge is 0.299 e. The van der Waals surface area contributed by atoms with E-state index in [-0.39, 0.29) is 6.54 Å². The first-order valence-corrected chi connectivity index (χ1v) is 7.15. The number of carbonyl (C=O) groups excluding carboxylic acids is 1. The lowest BCUT2D eigenvalue weighted by Gasteiger charge is -2.11. The van der Waals surface area contributed by atoms with Crippen LogP contribution in [-0.4, -0.2) is 15.7 Å². The van der Waals surface area contributed by atoms with Gasteiger partial charge in [-0.15, -0.1) is 0 Å². The van der Waals surface area contributed by atoms with E-state index < -0.39 is 17.8 Å². The molecule has 1 heterocycles. The number of rotatable bonds is 5. The van der Waals surface area contributed by atoms with Crippen molar-refractivity contribution >= 4 is 27.5 Å². The Bertz CT molecular complexity index is 727. The first-order valence-electron chi connectivity index (χ1n) is 6.36. The molecular formula is C14H12BrF3N4O. The van der Waals surface area contributed by atoms with Crippen LogP contribution in [0.1, 0.15) is 11.3 Å². The van der Waals surface area contributed by atoms with Gasteiger partial charge in [0.15, 0.2) is 5.69 Å². The minimum absolute atomic E-state index is 0.352. The average Bonchev–Trinajstić information content (AvgIpc) is 2.93. The molecule has 1 aromatic carbocycles. The van der Waals surface area contributed by atoms with Gasteiger partial charge < -0.3 is 0 Å². The van der Waals surface area contributed by atoms with Gasteiger partial charge in [0.25, 0.3) is 5.91 Å². The zero-order valence-corrected chi connectivity index (χ0v) is 13.3. The van der Waals surface area contributed by atoms with Gasteiger partial charge in [0.05, 0.1) is 5.70 Å². The van der Waals surface area contributed by atoms with E-state index in [4.69, 9.17) is 0 Å². The number of benzene rings is 1. The predicted octanol–water partition coefficient (Wildman–Crippen LogP) is 2.96. The summed E-state index contributed by atoms with van der Waals surface area (Å²) in [5.74, 6) is -0.557. The lowest BCUT2D eigenvalue weighted by molar-refractivity contribution is -0.141. The molecule has 0 aliphatic carbocycles. The lowest BCUT2D eigenvalue weighted by Crippen LogP contribution is -2.38. The Labute approximate surface area is 138 Å². The summed E-state index contributed by atoms with van der Waals surface area (Å²) in [6.07, 6.45) is -3.44. The maximum Gasteiger partial charge on any atom is 0.435 e. The summed E-state index contributed by atoms with van der Waals surface area (Å²) in [5, 5.41) is 3.29. The van der Waals surface area contributed by atoms with Crippen LogP contribution in [0.25, 0.3) is 5.70 Å². The van der Waals surface area contributed by atoms with Crippen molar-refractivity contribution in [2.24, 2.45) is 0 Å².